The predicted octanol–water partition coefficient (Wildman–Crippen LogP) is 2.42. The molecular formula is C22H26N6O2. The van der Waals surface area contributed by atoms with E-state index in [4.69, 9.17) is 14.6 Å². The van der Waals surface area contributed by atoms with E-state index in [9.17, 15) is 0 Å². The summed E-state index contributed by atoms with van der Waals surface area (Å²) >= 11 is 0. The minimum absolute atomic E-state index is 0.485. The summed E-state index contributed by atoms with van der Waals surface area (Å²) in [6.07, 6.45) is 5.62. The molecule has 8 nitrogen and oxygen atoms in total. The third-order valence-electron chi connectivity index (χ3n) is 5.49. The van der Waals surface area contributed by atoms with Gasteiger partial charge in [-0.1, -0.05) is 13.8 Å². The molecule has 3 aliphatic heterocycles. The Morgan fingerprint density at radius 3 is 2.67 bits per heavy atom. The van der Waals surface area contributed by atoms with Crippen LogP contribution in [0.3, 0.4) is 0 Å². The van der Waals surface area contributed by atoms with E-state index in [1.54, 1.807) is 6.20 Å². The normalized spacial score (nSPS) is 17.6. The maximum atomic E-state index is 5.72. The molecule has 2 saturated heterocycles. The van der Waals surface area contributed by atoms with Crippen molar-refractivity contribution in [1.29, 1.82) is 0 Å². The zero-order valence-corrected chi connectivity index (χ0v) is 17.3. The number of aromatic nitrogens is 4. The van der Waals surface area contributed by atoms with Crippen LogP contribution in [-0.2, 0) is 11.3 Å². The fourth-order valence-electron chi connectivity index (χ4n) is 3.84. The summed E-state index contributed by atoms with van der Waals surface area (Å²) in [4.78, 5) is 11.2. The van der Waals surface area contributed by atoms with Gasteiger partial charge in [0.15, 0.2) is 0 Å². The topological polar surface area (TPSA) is 77.3 Å². The molecule has 6 rings (SSSR count). The number of nitrogens with zero attached hydrogens (tertiary/aromatic N) is 5. The highest BCUT2D eigenvalue weighted by Crippen LogP contribution is 2.35. The van der Waals surface area contributed by atoms with Gasteiger partial charge in [0.25, 0.3) is 0 Å². The van der Waals surface area contributed by atoms with Crippen molar-refractivity contribution in [2.45, 2.75) is 32.5 Å². The van der Waals surface area contributed by atoms with Crippen molar-refractivity contribution in [2.75, 3.05) is 31.2 Å². The van der Waals surface area contributed by atoms with Gasteiger partial charge in [-0.25, -0.2) is 14.6 Å². The smallest absolute Gasteiger partial charge is 0.223 e. The van der Waals surface area contributed by atoms with Crippen molar-refractivity contribution in [3.05, 3.63) is 48.4 Å². The van der Waals surface area contributed by atoms with Crippen LogP contribution in [0.15, 0.2) is 42.9 Å². The molecule has 0 amide bonds. The van der Waals surface area contributed by atoms with Crippen LogP contribution in [0.4, 0.5) is 5.82 Å². The number of hydrogen-bond donors (Lipinski definition) is 1. The van der Waals surface area contributed by atoms with E-state index >= 15 is 0 Å². The summed E-state index contributed by atoms with van der Waals surface area (Å²) in [6, 6.07) is 9.07. The van der Waals surface area contributed by atoms with Gasteiger partial charge >= 0.3 is 0 Å². The van der Waals surface area contributed by atoms with Crippen LogP contribution >= 0.6 is 0 Å². The van der Waals surface area contributed by atoms with Gasteiger partial charge in [0.05, 0.1) is 36.7 Å². The van der Waals surface area contributed by atoms with E-state index in [-0.39, 0.29) is 0 Å². The first-order chi connectivity index (χ1) is 14.8. The van der Waals surface area contributed by atoms with Crippen molar-refractivity contribution in [1.82, 2.24) is 25.1 Å². The molecule has 8 heteroatoms. The quantitative estimate of drug-likeness (QED) is 0.713. The zero-order chi connectivity index (χ0) is 20.5. The number of nitrogens with one attached hydrogen (secondary N) is 1. The third kappa shape index (κ3) is 3.42. The average molecular weight is 406 g/mol. The molecule has 3 aromatic heterocycles. The van der Waals surface area contributed by atoms with Crippen LogP contribution in [0.25, 0.3) is 16.9 Å². The molecule has 0 spiro atoms. The van der Waals surface area contributed by atoms with E-state index in [1.165, 1.54) is 0 Å². The van der Waals surface area contributed by atoms with E-state index in [2.05, 4.69) is 32.3 Å². The summed E-state index contributed by atoms with van der Waals surface area (Å²) in [5.74, 6) is 1.64. The first kappa shape index (κ1) is 19.0. The second kappa shape index (κ2) is 8.04. The van der Waals surface area contributed by atoms with Gasteiger partial charge in [-0.2, -0.15) is 5.10 Å². The molecule has 0 unspecified atom stereocenters. The van der Waals surface area contributed by atoms with E-state index in [1.807, 2.05) is 43.1 Å². The van der Waals surface area contributed by atoms with Crippen LogP contribution in [0.2, 0.25) is 0 Å². The van der Waals surface area contributed by atoms with E-state index < -0.39 is 0 Å². The van der Waals surface area contributed by atoms with Gasteiger partial charge in [0.2, 0.25) is 5.88 Å². The fraction of sp³-hybridized carbons (Fsp3) is 0.409. The minimum atomic E-state index is 0.485. The summed E-state index contributed by atoms with van der Waals surface area (Å²) in [6.45, 7) is 8.13. The largest absolute Gasteiger partial charge is 0.472 e. The molecule has 3 aromatic rings. The molecule has 0 aliphatic carbocycles. The Bertz CT molecular complexity index is 1010. The second-order valence-corrected chi connectivity index (χ2v) is 7.47. The van der Waals surface area contributed by atoms with Crippen molar-refractivity contribution < 1.29 is 9.47 Å². The van der Waals surface area contributed by atoms with E-state index in [0.29, 0.717) is 24.6 Å². The van der Waals surface area contributed by atoms with Gasteiger partial charge in [0, 0.05) is 37.1 Å². The predicted molar refractivity (Wildman–Crippen MR) is 114 cm³/mol. The van der Waals surface area contributed by atoms with Crippen molar-refractivity contribution >= 4 is 5.82 Å². The van der Waals surface area contributed by atoms with Gasteiger partial charge in [-0.15, -0.1) is 0 Å². The molecule has 6 heterocycles. The molecule has 30 heavy (non-hydrogen) atoms. The first-order valence-corrected chi connectivity index (χ1v) is 10.6. The summed E-state index contributed by atoms with van der Waals surface area (Å²) in [7, 11) is 0. The summed E-state index contributed by atoms with van der Waals surface area (Å²) in [5, 5.41) is 8.35. The molecule has 156 valence electrons. The highest BCUT2D eigenvalue weighted by Gasteiger charge is 2.31. The van der Waals surface area contributed by atoms with Crippen LogP contribution in [0.1, 0.15) is 19.4 Å². The summed E-state index contributed by atoms with van der Waals surface area (Å²) in [5.41, 5.74) is 3.85. The molecule has 0 aromatic carbocycles. The Labute approximate surface area is 175 Å². The molecule has 1 N–H and O–H groups in total. The van der Waals surface area contributed by atoms with Crippen molar-refractivity contribution in [3.8, 4) is 22.8 Å². The average Bonchev–Trinajstić information content (AvgIpc) is 3.18. The fourth-order valence-corrected chi connectivity index (χ4v) is 3.84. The molecule has 0 atom stereocenters. The van der Waals surface area contributed by atoms with Gasteiger partial charge < -0.3 is 19.7 Å². The van der Waals surface area contributed by atoms with E-state index in [0.717, 1.165) is 54.6 Å². The van der Waals surface area contributed by atoms with Crippen LogP contribution in [0.5, 0.6) is 5.88 Å². The van der Waals surface area contributed by atoms with Crippen molar-refractivity contribution in [2.24, 2.45) is 0 Å². The second-order valence-electron chi connectivity index (χ2n) is 7.47. The Hall–Kier alpha value is -2.97. The maximum Gasteiger partial charge on any atom is 0.223 e. The molecule has 2 fully saturated rings. The number of hydrogen-bond acceptors (Lipinski definition) is 7. The monoisotopic (exact) mass is 406 g/mol. The van der Waals surface area contributed by atoms with Gasteiger partial charge in [-0.3, -0.25) is 0 Å². The molecule has 0 saturated carbocycles. The lowest BCUT2D eigenvalue weighted by atomic mass is 10.1. The number of fused-ring (bicyclic) bond motifs is 3. The SMILES string of the molecule is CC.c1cnc2c(c1)-c1nn(-c3ccc(N4CC(NC5COC5)C4)nc3)cc1CO2. The molecule has 0 bridgehead atoms. The lowest BCUT2D eigenvalue weighted by Gasteiger charge is -2.43. The van der Waals surface area contributed by atoms with Crippen molar-refractivity contribution in [3.63, 3.8) is 0 Å². The lowest BCUT2D eigenvalue weighted by molar-refractivity contribution is -0.0114. The molecule has 0 radical (unpaired) electrons. The van der Waals surface area contributed by atoms with Crippen LogP contribution in [-0.4, -0.2) is 58.1 Å². The minimum Gasteiger partial charge on any atom is -0.472 e. The third-order valence-corrected chi connectivity index (χ3v) is 5.49. The maximum absolute atomic E-state index is 5.72. The Morgan fingerprint density at radius 2 is 1.93 bits per heavy atom. The Balaban J connectivity index is 0.000000937. The van der Waals surface area contributed by atoms with Gasteiger partial charge in [-0.05, 0) is 24.3 Å². The number of rotatable bonds is 4. The summed E-state index contributed by atoms with van der Waals surface area (Å²) < 4.78 is 12.8. The van der Waals surface area contributed by atoms with Gasteiger partial charge in [0.1, 0.15) is 18.1 Å². The number of anilines is 1. The number of ether oxygens (including phenoxy) is 2. The Kier molecular flexibility index (Phi) is 5.10. The molecule has 3 aliphatic rings. The lowest BCUT2D eigenvalue weighted by Crippen LogP contribution is -2.63. The highest BCUT2D eigenvalue weighted by atomic mass is 16.5. The zero-order valence-electron chi connectivity index (χ0n) is 17.3. The first-order valence-electron chi connectivity index (χ1n) is 10.6. The Morgan fingerprint density at radius 1 is 1.07 bits per heavy atom. The molecular weight excluding hydrogens is 380 g/mol. The highest BCUT2D eigenvalue weighted by molar-refractivity contribution is 5.69. The number of pyridine rings is 2. The standard InChI is InChI=1S/C20H20N6O2.C2H6/c1-2-17-19-13(10-28-20(17)21-5-1)7-26(24-19)16-3-4-18(22-6-16)25-8-14(9-25)23-15-11-27-12-15;1-2/h1-7,14-15,23H,8-12H2;1-2H3. The van der Waals surface area contributed by atoms with Crippen LogP contribution in [0, 0.1) is 0 Å². The van der Waals surface area contributed by atoms with Crippen LogP contribution < -0.4 is 15.0 Å².